The van der Waals surface area contributed by atoms with Crippen molar-refractivity contribution in [2.45, 2.75) is 35.6 Å². The Bertz CT molecular complexity index is 1440. The first-order valence-corrected chi connectivity index (χ1v) is 13.4. The molecule has 2 heterocycles. The van der Waals surface area contributed by atoms with Gasteiger partial charge in [0.25, 0.3) is 0 Å². The monoisotopic (exact) mass is 561 g/mol. The van der Waals surface area contributed by atoms with Gasteiger partial charge in [-0.05, 0) is 41.8 Å². The lowest BCUT2D eigenvalue weighted by molar-refractivity contribution is -0.0469. The van der Waals surface area contributed by atoms with Crippen LogP contribution in [0.15, 0.2) is 102 Å². The molecule has 0 amide bonds. The van der Waals surface area contributed by atoms with Gasteiger partial charge in [-0.3, -0.25) is 4.57 Å². The van der Waals surface area contributed by atoms with Crippen molar-refractivity contribution in [3.63, 3.8) is 0 Å². The normalized spacial score (nSPS) is 22.7. The van der Waals surface area contributed by atoms with Crippen molar-refractivity contribution in [2.24, 2.45) is 0 Å². The molecule has 3 N–H and O–H groups in total. The molecule has 1 aliphatic heterocycles. The molecule has 0 spiro atoms. The highest BCUT2D eigenvalue weighted by atomic mass is 35.5. The van der Waals surface area contributed by atoms with Gasteiger partial charge in [-0.15, -0.1) is 11.6 Å². The Balaban J connectivity index is 1.53. The number of aromatic nitrogens is 2. The van der Waals surface area contributed by atoms with E-state index in [1.165, 1.54) is 10.8 Å². The number of ether oxygens (including phenoxy) is 2. The number of anilines is 1. The molecular formula is C31H32ClN3O5. The minimum Gasteiger partial charge on any atom is -0.497 e. The quantitative estimate of drug-likeness (QED) is 0.210. The van der Waals surface area contributed by atoms with Crippen molar-refractivity contribution < 1.29 is 19.7 Å². The molecule has 5 rings (SSSR count). The fourth-order valence-electron chi connectivity index (χ4n) is 5.40. The lowest BCUT2D eigenvalue weighted by Crippen LogP contribution is -2.42. The SMILES string of the molecule is COc1ccc(C(CNc2ccn([C@@H]3O[C@H](CO)[C@@H](O)[C@@]3(C)Cl)c(=O)n2)(c2ccccc2)c2ccccc2)cc1. The summed E-state index contributed by atoms with van der Waals surface area (Å²) < 4.78 is 12.4. The average molecular weight is 562 g/mol. The zero-order chi connectivity index (χ0) is 28.3. The van der Waals surface area contributed by atoms with Crippen LogP contribution >= 0.6 is 11.6 Å². The van der Waals surface area contributed by atoms with Crippen molar-refractivity contribution in [3.05, 3.63) is 124 Å². The first-order chi connectivity index (χ1) is 19.3. The van der Waals surface area contributed by atoms with Crippen LogP contribution in [0.5, 0.6) is 5.75 Å². The second-order valence-electron chi connectivity index (χ2n) is 10.0. The van der Waals surface area contributed by atoms with Crippen molar-refractivity contribution in [2.75, 3.05) is 25.6 Å². The molecule has 0 radical (unpaired) electrons. The van der Waals surface area contributed by atoms with Crippen LogP contribution in [0.2, 0.25) is 0 Å². The summed E-state index contributed by atoms with van der Waals surface area (Å²) in [6.07, 6.45) is -1.52. The second kappa shape index (κ2) is 11.4. The third-order valence-corrected chi connectivity index (χ3v) is 8.04. The van der Waals surface area contributed by atoms with E-state index in [1.54, 1.807) is 20.1 Å². The van der Waals surface area contributed by atoms with E-state index in [9.17, 15) is 15.0 Å². The van der Waals surface area contributed by atoms with Crippen molar-refractivity contribution in [3.8, 4) is 5.75 Å². The smallest absolute Gasteiger partial charge is 0.351 e. The molecule has 4 aromatic rings. The van der Waals surface area contributed by atoms with Gasteiger partial charge in [0.05, 0.1) is 19.1 Å². The molecule has 1 fully saturated rings. The Morgan fingerprint density at radius 1 is 1.00 bits per heavy atom. The highest BCUT2D eigenvalue weighted by Crippen LogP contribution is 2.43. The number of halogens is 1. The highest BCUT2D eigenvalue weighted by Gasteiger charge is 2.53. The van der Waals surface area contributed by atoms with E-state index >= 15 is 0 Å². The lowest BCUT2D eigenvalue weighted by atomic mass is 9.69. The number of nitrogens with zero attached hydrogens (tertiary/aromatic N) is 2. The summed E-state index contributed by atoms with van der Waals surface area (Å²) in [5.74, 6) is 1.13. The summed E-state index contributed by atoms with van der Waals surface area (Å²) in [4.78, 5) is 16.1. The van der Waals surface area contributed by atoms with Crippen LogP contribution < -0.4 is 15.7 Å². The van der Waals surface area contributed by atoms with Crippen LogP contribution in [0.3, 0.4) is 0 Å². The maximum absolute atomic E-state index is 13.1. The van der Waals surface area contributed by atoms with Crippen LogP contribution in [0, 0.1) is 0 Å². The fourth-order valence-corrected chi connectivity index (χ4v) is 5.70. The number of nitrogens with one attached hydrogen (secondary N) is 1. The highest BCUT2D eigenvalue weighted by molar-refractivity contribution is 6.24. The number of rotatable bonds is 9. The number of hydrogen-bond acceptors (Lipinski definition) is 7. The predicted molar refractivity (Wildman–Crippen MR) is 154 cm³/mol. The van der Waals surface area contributed by atoms with Crippen LogP contribution in [0.1, 0.15) is 29.8 Å². The molecule has 3 aromatic carbocycles. The topological polar surface area (TPSA) is 106 Å². The van der Waals surface area contributed by atoms with Gasteiger partial charge in [0.15, 0.2) is 6.23 Å². The average Bonchev–Trinajstić information content (AvgIpc) is 3.22. The van der Waals surface area contributed by atoms with E-state index in [2.05, 4.69) is 34.6 Å². The number of aliphatic hydroxyl groups is 2. The molecule has 9 heteroatoms. The fraction of sp³-hybridized carbons (Fsp3) is 0.290. The molecular weight excluding hydrogens is 530 g/mol. The molecule has 1 aromatic heterocycles. The van der Waals surface area contributed by atoms with E-state index in [4.69, 9.17) is 21.1 Å². The van der Waals surface area contributed by atoms with E-state index < -0.39 is 41.0 Å². The molecule has 0 saturated carbocycles. The Labute approximate surface area is 237 Å². The Morgan fingerprint density at radius 2 is 1.57 bits per heavy atom. The Hall–Kier alpha value is -3.69. The number of aliphatic hydroxyl groups excluding tert-OH is 2. The van der Waals surface area contributed by atoms with Gasteiger partial charge in [-0.25, -0.2) is 4.79 Å². The van der Waals surface area contributed by atoms with Crippen molar-refractivity contribution >= 4 is 17.4 Å². The lowest BCUT2D eigenvalue weighted by Gasteiger charge is -2.36. The van der Waals surface area contributed by atoms with Crippen LogP contribution in [0.25, 0.3) is 0 Å². The van der Waals surface area contributed by atoms with E-state index in [0.29, 0.717) is 12.4 Å². The van der Waals surface area contributed by atoms with E-state index in [1.807, 2.05) is 60.7 Å². The largest absolute Gasteiger partial charge is 0.497 e. The zero-order valence-corrected chi connectivity index (χ0v) is 23.0. The number of benzene rings is 3. The summed E-state index contributed by atoms with van der Waals surface area (Å²) in [6, 6.07) is 30.0. The third-order valence-electron chi connectivity index (χ3n) is 7.63. The minimum absolute atomic E-state index is 0.375. The molecule has 1 saturated heterocycles. The molecule has 4 atom stereocenters. The number of methoxy groups -OCH3 is 1. The molecule has 0 aliphatic carbocycles. The molecule has 0 bridgehead atoms. The molecule has 0 unspecified atom stereocenters. The third kappa shape index (κ3) is 4.99. The molecule has 1 aliphatic rings. The standard InChI is InChI=1S/C31H32ClN3O5/c1-30(32)27(37)25(19-36)40-28(30)35-18-17-26(34-29(35)38)33-20-31(21-9-5-3-6-10-21,22-11-7-4-8-12-22)23-13-15-24(39-2)16-14-23/h3-18,25,27-28,36-37H,19-20H2,1-2H3,(H,33,34,38)/t25-,27-,28-,30-/m1/s1. The first-order valence-electron chi connectivity index (χ1n) is 13.0. The summed E-state index contributed by atoms with van der Waals surface area (Å²) in [7, 11) is 1.64. The van der Waals surface area contributed by atoms with Gasteiger partial charge in [-0.2, -0.15) is 4.98 Å². The summed E-state index contributed by atoms with van der Waals surface area (Å²) in [5, 5.41) is 23.4. The second-order valence-corrected chi connectivity index (χ2v) is 10.8. The Morgan fingerprint density at radius 3 is 2.08 bits per heavy atom. The molecule has 208 valence electrons. The van der Waals surface area contributed by atoms with E-state index in [0.717, 1.165) is 22.4 Å². The van der Waals surface area contributed by atoms with Gasteiger partial charge in [0.2, 0.25) is 0 Å². The van der Waals surface area contributed by atoms with Crippen LogP contribution in [-0.2, 0) is 10.2 Å². The minimum atomic E-state index is -1.32. The number of alkyl halides is 1. The van der Waals surface area contributed by atoms with Gasteiger partial charge >= 0.3 is 5.69 Å². The maximum atomic E-state index is 13.1. The van der Waals surface area contributed by atoms with Crippen molar-refractivity contribution in [1.29, 1.82) is 0 Å². The van der Waals surface area contributed by atoms with Crippen molar-refractivity contribution in [1.82, 2.24) is 9.55 Å². The Kier molecular flexibility index (Phi) is 7.96. The van der Waals surface area contributed by atoms with Gasteiger partial charge in [0.1, 0.15) is 28.6 Å². The summed E-state index contributed by atoms with van der Waals surface area (Å²) >= 11 is 6.55. The van der Waals surface area contributed by atoms with E-state index in [-0.39, 0.29) is 0 Å². The first kappa shape index (κ1) is 27.9. The number of hydrogen-bond donors (Lipinski definition) is 3. The predicted octanol–water partition coefficient (Wildman–Crippen LogP) is 3.95. The van der Waals surface area contributed by atoms with Gasteiger partial charge in [-0.1, -0.05) is 72.8 Å². The van der Waals surface area contributed by atoms with Crippen LogP contribution in [-0.4, -0.2) is 57.1 Å². The van der Waals surface area contributed by atoms with Gasteiger partial charge < -0.3 is 25.0 Å². The zero-order valence-electron chi connectivity index (χ0n) is 22.3. The van der Waals surface area contributed by atoms with Gasteiger partial charge in [0, 0.05) is 12.7 Å². The molecule has 40 heavy (non-hydrogen) atoms. The maximum Gasteiger partial charge on any atom is 0.351 e. The summed E-state index contributed by atoms with van der Waals surface area (Å²) in [5.41, 5.74) is 1.93. The summed E-state index contributed by atoms with van der Waals surface area (Å²) in [6.45, 7) is 1.54. The molecule has 8 nitrogen and oxygen atoms in total. The van der Waals surface area contributed by atoms with Crippen LogP contribution in [0.4, 0.5) is 5.82 Å².